The molecule has 0 aromatic heterocycles. The van der Waals surface area contributed by atoms with Crippen LogP contribution in [0.1, 0.15) is 155 Å². The molecule has 0 amide bonds. The second-order valence-corrected chi connectivity index (χ2v) is 31.4. The van der Waals surface area contributed by atoms with Gasteiger partial charge in [-0.05, 0) is 227 Å². The molecule has 1 saturated heterocycles. The lowest BCUT2D eigenvalue weighted by molar-refractivity contribution is -0.399. The Hall–Kier alpha value is -4.62. The normalized spacial score (nSPS) is 50.2. The molecule has 18 rings (SSSR count). The number of carbonyl (C=O) groups is 2. The Kier molecular flexibility index (Phi) is 12.7. The van der Waals surface area contributed by atoms with Gasteiger partial charge in [0.2, 0.25) is 0 Å². The van der Waals surface area contributed by atoms with E-state index in [9.17, 15) is 15.0 Å². The summed E-state index contributed by atoms with van der Waals surface area (Å²) in [6, 6.07) is 26.1. The molecule has 86 heavy (non-hydrogen) atoms. The fraction of sp³-hybridized carbons (Fsp3) is 0.658. The summed E-state index contributed by atoms with van der Waals surface area (Å²) < 4.78 is 14.6. The van der Waals surface area contributed by atoms with Crippen molar-refractivity contribution >= 4 is 12.3 Å². The fourth-order valence-corrected chi connectivity index (χ4v) is 26.1. The Balaban J connectivity index is 0.911. The summed E-state index contributed by atoms with van der Waals surface area (Å²) >= 11 is 0. The molecule has 10 fully saturated rings. The number of carbonyl (C=O) groups excluding carboxylic acids is 2. The van der Waals surface area contributed by atoms with Crippen LogP contribution in [0.3, 0.4) is 0 Å². The van der Waals surface area contributed by atoms with E-state index in [0.29, 0.717) is 75.5 Å². The van der Waals surface area contributed by atoms with Crippen molar-refractivity contribution in [3.05, 3.63) is 118 Å². The van der Waals surface area contributed by atoms with Crippen molar-refractivity contribution < 1.29 is 44.6 Å². The first-order valence-corrected chi connectivity index (χ1v) is 34.1. The number of hydrogen-bond donors (Lipinski definition) is 6. The molecular weight excluding hydrogens is 1070 g/mol. The van der Waals surface area contributed by atoms with Crippen molar-refractivity contribution in [3.8, 4) is 23.7 Å². The van der Waals surface area contributed by atoms with Crippen LogP contribution in [-0.4, -0.2) is 92.1 Å². The molecule has 452 valence electrons. The molecule has 10 nitrogen and oxygen atoms in total. The second kappa shape index (κ2) is 19.7. The Morgan fingerprint density at radius 2 is 1.58 bits per heavy atom. The third kappa shape index (κ3) is 7.19. The van der Waals surface area contributed by atoms with Crippen molar-refractivity contribution in [2.24, 2.45) is 105 Å². The van der Waals surface area contributed by atoms with Crippen LogP contribution in [0.15, 0.2) is 84.4 Å². The van der Waals surface area contributed by atoms with E-state index in [1.807, 2.05) is 25.2 Å². The zero-order chi connectivity index (χ0) is 58.4. The number of fused-ring (bicyclic) bond motifs is 11. The molecule has 3 aliphatic heterocycles. The molecule has 9 saturated carbocycles. The first-order valence-electron chi connectivity index (χ1n) is 34.1. The van der Waals surface area contributed by atoms with E-state index in [0.717, 1.165) is 92.8 Å². The molecule has 15 aliphatic rings. The van der Waals surface area contributed by atoms with Gasteiger partial charge < -0.3 is 45.1 Å². The third-order valence-corrected chi connectivity index (χ3v) is 29.0. The number of benzene rings is 3. The van der Waals surface area contributed by atoms with Gasteiger partial charge in [0.05, 0.1) is 35.9 Å². The Morgan fingerprint density at radius 1 is 0.779 bits per heavy atom. The summed E-state index contributed by atoms with van der Waals surface area (Å²) in [5, 5.41) is 75.4. The fourth-order valence-electron chi connectivity index (χ4n) is 26.1. The van der Waals surface area contributed by atoms with Gasteiger partial charge in [-0.2, -0.15) is 0 Å². The van der Waals surface area contributed by atoms with Crippen molar-refractivity contribution in [3.63, 3.8) is 0 Å². The van der Waals surface area contributed by atoms with E-state index in [1.165, 1.54) is 16.7 Å². The van der Waals surface area contributed by atoms with Crippen LogP contribution in [0.5, 0.6) is 0 Å². The summed E-state index contributed by atoms with van der Waals surface area (Å²) in [5.74, 6) is 12.8. The van der Waals surface area contributed by atoms with E-state index in [1.54, 1.807) is 6.08 Å². The summed E-state index contributed by atoms with van der Waals surface area (Å²) in [5.41, 5.74) is -2.02. The summed E-state index contributed by atoms with van der Waals surface area (Å²) in [6.07, 6.45) is 14.2. The molecule has 3 heterocycles. The van der Waals surface area contributed by atoms with Gasteiger partial charge in [0.15, 0.2) is 0 Å². The minimum absolute atomic E-state index is 0.0763. The predicted octanol–water partition coefficient (Wildman–Crippen LogP) is 9.62. The van der Waals surface area contributed by atoms with E-state index >= 15 is 20.1 Å². The first kappa shape index (κ1) is 55.4. The quantitative estimate of drug-likeness (QED) is 0.0842. The van der Waals surface area contributed by atoms with Crippen LogP contribution in [0.2, 0.25) is 0 Å². The lowest BCUT2D eigenvalue weighted by Crippen LogP contribution is -2.88. The number of aliphatic hydroxyl groups is 5. The lowest BCUT2D eigenvalue weighted by Gasteiger charge is -2.77. The SMILES string of the molecule is CNC1Cc2c(cccc2CO)C#CCCC23CC4C#CCC5C(c6ccccc6)CCC6C5CC5CC7Cc8cccc(c8)CC8CCC(C8)C(C)C8CCC9C(O7)C56CC5(C=O)C4C(O)(C(O)C(C8)C95O)C2(O)CC2CC1C1OC(=O)C=C1C23. The highest BCUT2D eigenvalue weighted by molar-refractivity contribution is 5.86. The van der Waals surface area contributed by atoms with Gasteiger partial charge >= 0.3 is 5.97 Å². The van der Waals surface area contributed by atoms with Crippen LogP contribution in [-0.2, 0) is 44.9 Å². The maximum Gasteiger partial charge on any atom is 0.331 e. The van der Waals surface area contributed by atoms with Crippen LogP contribution in [0.4, 0.5) is 0 Å². The Bertz CT molecular complexity index is 3430. The van der Waals surface area contributed by atoms with E-state index in [-0.39, 0.29) is 78.6 Å². The summed E-state index contributed by atoms with van der Waals surface area (Å²) in [6.45, 7) is 2.29. The molecule has 2 spiro atoms. The molecule has 3 aromatic rings. The van der Waals surface area contributed by atoms with Crippen LogP contribution in [0.25, 0.3) is 0 Å². The van der Waals surface area contributed by atoms with Gasteiger partial charge in [-0.25, -0.2) is 4.79 Å². The molecule has 27 atom stereocenters. The molecule has 6 N–H and O–H groups in total. The third-order valence-electron chi connectivity index (χ3n) is 29.0. The number of likely N-dealkylation sites (N-methyl/N-ethyl adjacent to an activating group) is 1. The topological polar surface area (TPSA) is 166 Å². The number of nitrogens with one attached hydrogen (secondary N) is 1. The van der Waals surface area contributed by atoms with Gasteiger partial charge in [0.25, 0.3) is 0 Å². The predicted molar refractivity (Wildman–Crippen MR) is 324 cm³/mol. The largest absolute Gasteiger partial charge is 0.454 e. The van der Waals surface area contributed by atoms with Gasteiger partial charge in [0.1, 0.15) is 23.6 Å². The Labute approximate surface area is 508 Å². The Morgan fingerprint density at radius 3 is 2.41 bits per heavy atom. The number of hydrogen-bond acceptors (Lipinski definition) is 10. The zero-order valence-electron chi connectivity index (χ0n) is 50.4. The number of rotatable bonds is 4. The molecule has 0 radical (unpaired) electrons. The van der Waals surface area contributed by atoms with Crippen molar-refractivity contribution in [1.82, 2.24) is 5.32 Å². The lowest BCUT2D eigenvalue weighted by atomic mass is 9.30. The maximum atomic E-state index is 16.2. The van der Waals surface area contributed by atoms with Crippen molar-refractivity contribution in [1.29, 1.82) is 0 Å². The van der Waals surface area contributed by atoms with Crippen molar-refractivity contribution in [2.75, 3.05) is 7.05 Å². The molecule has 12 aliphatic carbocycles. The number of aliphatic hydroxyl groups excluding tert-OH is 2. The second-order valence-electron chi connectivity index (χ2n) is 31.4. The molecule has 3 aromatic carbocycles. The number of ether oxygens (including phenoxy) is 2. The summed E-state index contributed by atoms with van der Waals surface area (Å²) in [7, 11) is 1.95. The van der Waals surface area contributed by atoms with Crippen LogP contribution < -0.4 is 5.32 Å². The zero-order valence-corrected chi connectivity index (χ0v) is 50.4. The molecule has 17 bridgehead atoms. The average molecular weight is 1160 g/mol. The summed E-state index contributed by atoms with van der Waals surface area (Å²) in [4.78, 5) is 30.4. The molecule has 27 unspecified atom stereocenters. The minimum atomic E-state index is -2.33. The van der Waals surface area contributed by atoms with Crippen LogP contribution >= 0.6 is 0 Å². The number of esters is 1. The highest BCUT2D eigenvalue weighted by Gasteiger charge is 2.89. The highest BCUT2D eigenvalue weighted by Crippen LogP contribution is 2.83. The van der Waals surface area contributed by atoms with Crippen LogP contribution in [0, 0.1) is 129 Å². The van der Waals surface area contributed by atoms with Gasteiger partial charge in [-0.3, -0.25) is 0 Å². The average Bonchev–Trinajstić information content (AvgIpc) is 1.19. The standard InChI is InChI=1S/C76H89NO9/c1-42-48-21-20-45(29-48)28-43-11-8-12-44(27-43)30-54-33-53-34-58-56-19-10-17-50-37-71-26-7-6-15-47-16-9-18-51(39-78)57(47)35-64(77-2)59-31-52(66(71)60-36-65(80)86-67(59)60)38-74(71,82)76(84)68(50)72(41-79)40-73(53,61(58)25-23-55(56)46-13-4-3-5-14-46)70(85-54)62-24-22-49(42)32-63(69(76)81)75(62,72)83/h3-5,8-9,11-14,16,18,27,36,41-42,45,48-50,52-56,58-59,61-64,66-70,77-78,81-84H,7,19-26,28-35,37-40H2,1-2H3. The van der Waals surface area contributed by atoms with Crippen molar-refractivity contribution in [2.45, 2.75) is 195 Å². The van der Waals surface area contributed by atoms with Gasteiger partial charge in [-0.15, -0.1) is 5.92 Å². The van der Waals surface area contributed by atoms with E-state index < -0.39 is 80.8 Å². The number of aldehydes is 1. The maximum absolute atomic E-state index is 16.2. The first-order chi connectivity index (χ1) is 41.7. The molecular formula is C76H89NO9. The smallest absolute Gasteiger partial charge is 0.331 e. The van der Waals surface area contributed by atoms with Gasteiger partial charge in [0, 0.05) is 70.9 Å². The molecule has 10 heteroatoms. The van der Waals surface area contributed by atoms with E-state index in [2.05, 4.69) is 90.5 Å². The monoisotopic (exact) mass is 1160 g/mol. The minimum Gasteiger partial charge on any atom is -0.454 e. The highest BCUT2D eigenvalue weighted by atomic mass is 16.5. The van der Waals surface area contributed by atoms with E-state index in [4.69, 9.17) is 9.47 Å². The van der Waals surface area contributed by atoms with Gasteiger partial charge in [-0.1, -0.05) is 91.4 Å².